The molecule has 0 spiro atoms. The fourth-order valence-corrected chi connectivity index (χ4v) is 1.48. The molecule has 0 saturated carbocycles. The van der Waals surface area contributed by atoms with Gasteiger partial charge in [-0.3, -0.25) is 0 Å². The monoisotopic (exact) mass is 209 g/mol. The van der Waals surface area contributed by atoms with Crippen LogP contribution >= 0.6 is 0 Å². The van der Waals surface area contributed by atoms with Crippen molar-refractivity contribution in [2.75, 3.05) is 6.54 Å². The molecule has 3 nitrogen and oxygen atoms in total. The van der Waals surface area contributed by atoms with Gasteiger partial charge in [0, 0.05) is 17.8 Å². The molecule has 1 aromatic heterocycles. The number of aryl methyl sites for hydroxylation is 2. The Morgan fingerprint density at radius 1 is 1.33 bits per heavy atom. The van der Waals surface area contributed by atoms with Crippen LogP contribution in [0.4, 0.5) is 0 Å². The highest BCUT2D eigenvalue weighted by atomic mass is 15.1. The van der Waals surface area contributed by atoms with Crippen molar-refractivity contribution in [3.05, 3.63) is 17.7 Å². The molecule has 0 aliphatic carbocycles. The first-order valence-corrected chi connectivity index (χ1v) is 5.63. The predicted molar refractivity (Wildman–Crippen MR) is 64.1 cm³/mol. The zero-order valence-corrected chi connectivity index (χ0v) is 10.6. The Labute approximate surface area is 92.9 Å². The molecule has 86 valence electrons. The van der Waals surface area contributed by atoms with Crippen LogP contribution in [0.3, 0.4) is 0 Å². The SMILES string of the molecule is Cc1ncn(CCCNC(C)(C)C)c1C. The molecule has 15 heavy (non-hydrogen) atoms. The number of aromatic nitrogens is 2. The van der Waals surface area contributed by atoms with Crippen molar-refractivity contribution in [2.24, 2.45) is 0 Å². The van der Waals surface area contributed by atoms with E-state index in [1.54, 1.807) is 0 Å². The largest absolute Gasteiger partial charge is 0.335 e. The first kappa shape index (κ1) is 12.2. The van der Waals surface area contributed by atoms with Gasteiger partial charge in [-0.25, -0.2) is 4.98 Å². The van der Waals surface area contributed by atoms with Crippen LogP contribution in [0.15, 0.2) is 6.33 Å². The maximum atomic E-state index is 4.29. The third-order valence-electron chi connectivity index (χ3n) is 2.58. The highest BCUT2D eigenvalue weighted by Crippen LogP contribution is 2.05. The van der Waals surface area contributed by atoms with Crippen LogP contribution in [-0.4, -0.2) is 21.6 Å². The van der Waals surface area contributed by atoms with Gasteiger partial charge in [-0.15, -0.1) is 0 Å². The van der Waals surface area contributed by atoms with Gasteiger partial charge in [-0.2, -0.15) is 0 Å². The number of nitrogens with zero attached hydrogens (tertiary/aromatic N) is 2. The Hall–Kier alpha value is -0.830. The molecule has 1 rings (SSSR count). The average molecular weight is 209 g/mol. The topological polar surface area (TPSA) is 29.9 Å². The number of imidazole rings is 1. The fourth-order valence-electron chi connectivity index (χ4n) is 1.48. The highest BCUT2D eigenvalue weighted by molar-refractivity contribution is 5.08. The molecule has 1 heterocycles. The Morgan fingerprint density at radius 3 is 2.47 bits per heavy atom. The van der Waals surface area contributed by atoms with Gasteiger partial charge in [-0.1, -0.05) is 0 Å². The Bertz CT molecular complexity index is 307. The summed E-state index contributed by atoms with van der Waals surface area (Å²) in [6.07, 6.45) is 3.08. The maximum Gasteiger partial charge on any atom is 0.0951 e. The van der Waals surface area contributed by atoms with E-state index in [2.05, 4.69) is 49.5 Å². The van der Waals surface area contributed by atoms with Crippen molar-refractivity contribution in [3.63, 3.8) is 0 Å². The first-order valence-electron chi connectivity index (χ1n) is 5.63. The number of rotatable bonds is 4. The van der Waals surface area contributed by atoms with E-state index in [9.17, 15) is 0 Å². The summed E-state index contributed by atoms with van der Waals surface area (Å²) >= 11 is 0. The Morgan fingerprint density at radius 2 is 2.00 bits per heavy atom. The van der Waals surface area contributed by atoms with Gasteiger partial charge >= 0.3 is 0 Å². The lowest BCUT2D eigenvalue weighted by Crippen LogP contribution is -2.36. The standard InChI is InChI=1S/C12H23N3/c1-10-11(2)15(9-13-10)8-6-7-14-12(3,4)5/h9,14H,6-8H2,1-5H3. The lowest BCUT2D eigenvalue weighted by atomic mass is 10.1. The van der Waals surface area contributed by atoms with Crippen molar-refractivity contribution < 1.29 is 0 Å². The van der Waals surface area contributed by atoms with Gasteiger partial charge in [0.1, 0.15) is 0 Å². The second-order valence-electron chi connectivity index (χ2n) is 5.14. The van der Waals surface area contributed by atoms with E-state index in [0.717, 1.165) is 25.2 Å². The van der Waals surface area contributed by atoms with Gasteiger partial charge < -0.3 is 9.88 Å². The van der Waals surface area contributed by atoms with Gasteiger partial charge in [0.15, 0.2) is 0 Å². The fraction of sp³-hybridized carbons (Fsp3) is 0.750. The summed E-state index contributed by atoms with van der Waals surface area (Å²) in [6.45, 7) is 12.9. The molecular formula is C12H23N3. The van der Waals surface area contributed by atoms with E-state index in [1.807, 2.05) is 6.33 Å². The summed E-state index contributed by atoms with van der Waals surface area (Å²) < 4.78 is 2.22. The van der Waals surface area contributed by atoms with Gasteiger partial charge in [-0.05, 0) is 47.6 Å². The van der Waals surface area contributed by atoms with E-state index in [1.165, 1.54) is 5.69 Å². The van der Waals surface area contributed by atoms with Gasteiger partial charge in [0.05, 0.1) is 12.0 Å². The molecule has 0 bridgehead atoms. The van der Waals surface area contributed by atoms with Crippen molar-refractivity contribution in [1.29, 1.82) is 0 Å². The maximum absolute atomic E-state index is 4.29. The van der Waals surface area contributed by atoms with Crippen LogP contribution < -0.4 is 5.32 Å². The smallest absolute Gasteiger partial charge is 0.0951 e. The van der Waals surface area contributed by atoms with E-state index < -0.39 is 0 Å². The predicted octanol–water partition coefficient (Wildman–Crippen LogP) is 2.28. The lowest BCUT2D eigenvalue weighted by molar-refractivity contribution is 0.413. The van der Waals surface area contributed by atoms with Gasteiger partial charge in [0.25, 0.3) is 0 Å². The van der Waals surface area contributed by atoms with E-state index in [-0.39, 0.29) is 5.54 Å². The molecule has 1 N–H and O–H groups in total. The molecule has 0 saturated heterocycles. The minimum atomic E-state index is 0.222. The van der Waals surface area contributed by atoms with E-state index in [4.69, 9.17) is 0 Å². The highest BCUT2D eigenvalue weighted by Gasteiger charge is 2.07. The lowest BCUT2D eigenvalue weighted by Gasteiger charge is -2.20. The second kappa shape index (κ2) is 4.79. The molecule has 0 aromatic carbocycles. The van der Waals surface area contributed by atoms with Crippen LogP contribution in [0.2, 0.25) is 0 Å². The number of hydrogen-bond acceptors (Lipinski definition) is 2. The van der Waals surface area contributed by atoms with Crippen LogP contribution in [-0.2, 0) is 6.54 Å². The summed E-state index contributed by atoms with van der Waals surface area (Å²) in [7, 11) is 0. The van der Waals surface area contributed by atoms with Crippen LogP contribution in [0.25, 0.3) is 0 Å². The molecule has 1 aromatic rings. The summed E-state index contributed by atoms with van der Waals surface area (Å²) in [5.74, 6) is 0. The molecule has 0 atom stereocenters. The molecule has 0 unspecified atom stereocenters. The minimum absolute atomic E-state index is 0.222. The third-order valence-corrected chi connectivity index (χ3v) is 2.58. The molecule has 0 radical (unpaired) electrons. The summed E-state index contributed by atoms with van der Waals surface area (Å²) in [5, 5.41) is 3.48. The Kier molecular flexibility index (Phi) is 3.91. The van der Waals surface area contributed by atoms with Crippen LogP contribution in [0.5, 0.6) is 0 Å². The summed E-state index contributed by atoms with van der Waals surface area (Å²) in [6, 6.07) is 0. The van der Waals surface area contributed by atoms with E-state index >= 15 is 0 Å². The molecule has 0 fully saturated rings. The average Bonchev–Trinajstić information content (AvgIpc) is 2.42. The van der Waals surface area contributed by atoms with Crippen molar-refractivity contribution in [1.82, 2.24) is 14.9 Å². The minimum Gasteiger partial charge on any atom is -0.335 e. The second-order valence-corrected chi connectivity index (χ2v) is 5.14. The van der Waals surface area contributed by atoms with Crippen LogP contribution in [0.1, 0.15) is 38.6 Å². The third kappa shape index (κ3) is 4.04. The quantitative estimate of drug-likeness (QED) is 0.771. The first-order chi connectivity index (χ1) is 6.90. The zero-order chi connectivity index (χ0) is 11.5. The zero-order valence-electron chi connectivity index (χ0n) is 10.6. The number of nitrogens with one attached hydrogen (secondary N) is 1. The van der Waals surface area contributed by atoms with Crippen LogP contribution in [0, 0.1) is 13.8 Å². The van der Waals surface area contributed by atoms with Crippen molar-refractivity contribution in [3.8, 4) is 0 Å². The molecular weight excluding hydrogens is 186 g/mol. The Balaban J connectivity index is 2.30. The molecule has 0 aliphatic rings. The van der Waals surface area contributed by atoms with Gasteiger partial charge in [0.2, 0.25) is 0 Å². The van der Waals surface area contributed by atoms with Crippen molar-refractivity contribution in [2.45, 2.75) is 53.1 Å². The number of hydrogen-bond donors (Lipinski definition) is 1. The van der Waals surface area contributed by atoms with E-state index in [0.29, 0.717) is 0 Å². The summed E-state index contributed by atoms with van der Waals surface area (Å²) in [5.41, 5.74) is 2.64. The molecule has 0 aliphatic heterocycles. The normalized spacial score (nSPS) is 12.1. The summed E-state index contributed by atoms with van der Waals surface area (Å²) in [4.78, 5) is 4.29. The molecule has 3 heteroatoms. The molecule has 0 amide bonds. The van der Waals surface area contributed by atoms with Crippen molar-refractivity contribution >= 4 is 0 Å².